The first-order valence-corrected chi connectivity index (χ1v) is 9.25. The molecule has 0 unspecified atom stereocenters. The Morgan fingerprint density at radius 2 is 2.00 bits per heavy atom. The van der Waals surface area contributed by atoms with Crippen molar-refractivity contribution in [1.82, 2.24) is 9.97 Å². The molecule has 0 aliphatic heterocycles. The Balaban J connectivity index is 1.86. The molecular formula is C18H19N5O4S. The molecule has 28 heavy (non-hydrogen) atoms. The maximum atomic E-state index is 11.7. The summed E-state index contributed by atoms with van der Waals surface area (Å²) in [6.07, 6.45) is 2.01. The van der Waals surface area contributed by atoms with Gasteiger partial charge in [-0.25, -0.2) is 9.97 Å². The van der Waals surface area contributed by atoms with Gasteiger partial charge in [-0.1, -0.05) is 6.07 Å². The summed E-state index contributed by atoms with van der Waals surface area (Å²) in [5.74, 6) is 1.29. The third-order valence-corrected chi connectivity index (χ3v) is 4.84. The summed E-state index contributed by atoms with van der Waals surface area (Å²) < 4.78 is 10.5. The van der Waals surface area contributed by atoms with Crippen LogP contribution in [0.4, 0.5) is 23.0 Å². The van der Waals surface area contributed by atoms with Crippen molar-refractivity contribution in [2.75, 3.05) is 31.4 Å². The molecule has 0 saturated carbocycles. The van der Waals surface area contributed by atoms with Crippen molar-refractivity contribution in [2.45, 2.75) is 6.42 Å². The first-order chi connectivity index (χ1) is 13.6. The zero-order chi connectivity index (χ0) is 19.9. The average molecular weight is 401 g/mol. The van der Waals surface area contributed by atoms with Gasteiger partial charge in [0, 0.05) is 17.5 Å². The molecule has 0 radical (unpaired) electrons. The van der Waals surface area contributed by atoms with Gasteiger partial charge in [-0.15, -0.1) is 11.3 Å². The highest BCUT2D eigenvalue weighted by Gasteiger charge is 2.24. The number of hydrogen-bond acceptors (Lipinski definition) is 9. The van der Waals surface area contributed by atoms with Crippen molar-refractivity contribution in [3.05, 3.63) is 57.0 Å². The Kier molecular flexibility index (Phi) is 6.22. The van der Waals surface area contributed by atoms with E-state index in [0.29, 0.717) is 23.7 Å². The maximum absolute atomic E-state index is 11.7. The maximum Gasteiger partial charge on any atom is 0.353 e. The molecule has 2 N–H and O–H groups in total. The summed E-state index contributed by atoms with van der Waals surface area (Å²) in [7, 11) is 3.05. The fourth-order valence-electron chi connectivity index (χ4n) is 2.57. The van der Waals surface area contributed by atoms with Crippen molar-refractivity contribution >= 4 is 34.3 Å². The van der Waals surface area contributed by atoms with Gasteiger partial charge in [0.05, 0.1) is 24.8 Å². The molecule has 0 saturated heterocycles. The van der Waals surface area contributed by atoms with E-state index in [9.17, 15) is 10.1 Å². The van der Waals surface area contributed by atoms with E-state index in [2.05, 4.69) is 20.6 Å². The van der Waals surface area contributed by atoms with Gasteiger partial charge in [0.2, 0.25) is 11.6 Å². The average Bonchev–Trinajstić information content (AvgIpc) is 3.21. The van der Waals surface area contributed by atoms with Gasteiger partial charge in [0.15, 0.2) is 0 Å². The molecule has 0 aliphatic rings. The summed E-state index contributed by atoms with van der Waals surface area (Å²) in [5, 5.41) is 19.7. The Morgan fingerprint density at radius 3 is 2.68 bits per heavy atom. The molecule has 1 aromatic carbocycles. The molecule has 0 spiro atoms. The number of nitrogens with zero attached hydrogens (tertiary/aromatic N) is 3. The second-order valence-electron chi connectivity index (χ2n) is 5.62. The highest BCUT2D eigenvalue weighted by atomic mass is 32.1. The van der Waals surface area contributed by atoms with Crippen LogP contribution in [0, 0.1) is 10.1 Å². The summed E-state index contributed by atoms with van der Waals surface area (Å²) in [4.78, 5) is 20.5. The van der Waals surface area contributed by atoms with Gasteiger partial charge >= 0.3 is 5.69 Å². The quantitative estimate of drug-likeness (QED) is 0.411. The minimum Gasteiger partial charge on any atom is -0.497 e. The number of rotatable bonds is 9. The van der Waals surface area contributed by atoms with E-state index >= 15 is 0 Å². The lowest BCUT2D eigenvalue weighted by molar-refractivity contribution is -0.383. The Bertz CT molecular complexity index is 949. The van der Waals surface area contributed by atoms with Crippen LogP contribution in [0.25, 0.3) is 0 Å². The summed E-state index contributed by atoms with van der Waals surface area (Å²) in [5.41, 5.74) is 0.256. The normalized spacial score (nSPS) is 10.4. The SMILES string of the molecule is COc1ccc(OC)c(Nc2ncnc(NCCc3cccs3)c2[N+](=O)[O-])c1. The van der Waals surface area contributed by atoms with Crippen LogP contribution in [-0.4, -0.2) is 35.7 Å². The molecule has 0 fully saturated rings. The van der Waals surface area contributed by atoms with Crippen molar-refractivity contribution in [1.29, 1.82) is 0 Å². The zero-order valence-electron chi connectivity index (χ0n) is 15.3. The Morgan fingerprint density at radius 1 is 1.18 bits per heavy atom. The number of benzene rings is 1. The lowest BCUT2D eigenvalue weighted by Gasteiger charge is -2.13. The van der Waals surface area contributed by atoms with Crippen LogP contribution in [0.5, 0.6) is 11.5 Å². The minimum absolute atomic E-state index is 0.0603. The van der Waals surface area contributed by atoms with Crippen molar-refractivity contribution in [2.24, 2.45) is 0 Å². The largest absolute Gasteiger partial charge is 0.497 e. The van der Waals surface area contributed by atoms with E-state index in [1.807, 2.05) is 17.5 Å². The Hall–Kier alpha value is -3.40. The number of hydrogen-bond donors (Lipinski definition) is 2. The molecule has 2 aromatic heterocycles. The van der Waals surface area contributed by atoms with Crippen LogP contribution in [0.3, 0.4) is 0 Å². The molecule has 3 rings (SSSR count). The van der Waals surface area contributed by atoms with Gasteiger partial charge in [-0.2, -0.15) is 0 Å². The number of thiophene rings is 1. The molecule has 0 aliphatic carbocycles. The van der Waals surface area contributed by atoms with Gasteiger partial charge < -0.3 is 20.1 Å². The molecule has 10 heteroatoms. The van der Waals surface area contributed by atoms with E-state index in [-0.39, 0.29) is 17.3 Å². The predicted octanol–water partition coefficient (Wildman–Crippen LogP) is 3.86. The van der Waals surface area contributed by atoms with E-state index in [1.54, 1.807) is 29.5 Å². The second kappa shape index (κ2) is 9.00. The Labute approximate surface area is 165 Å². The second-order valence-corrected chi connectivity index (χ2v) is 6.66. The standard InChI is InChI=1S/C18H19N5O4S/c1-26-12-5-6-15(27-2)14(10-12)22-18-16(23(24)25)17(20-11-21-18)19-8-7-13-4-3-9-28-13/h3-6,9-11H,7-8H2,1-2H3,(H2,19,20,21,22). The molecular weight excluding hydrogens is 382 g/mol. The molecule has 0 bridgehead atoms. The topological polar surface area (TPSA) is 111 Å². The van der Waals surface area contributed by atoms with Crippen molar-refractivity contribution < 1.29 is 14.4 Å². The van der Waals surface area contributed by atoms with E-state index in [1.165, 1.54) is 25.4 Å². The minimum atomic E-state index is -0.511. The molecule has 2 heterocycles. The molecule has 146 valence electrons. The van der Waals surface area contributed by atoms with Crippen LogP contribution in [0.15, 0.2) is 42.0 Å². The van der Waals surface area contributed by atoms with Gasteiger partial charge in [-0.05, 0) is 30.0 Å². The first-order valence-electron chi connectivity index (χ1n) is 8.37. The van der Waals surface area contributed by atoms with Crippen molar-refractivity contribution in [3.8, 4) is 11.5 Å². The van der Waals surface area contributed by atoms with Gasteiger partial charge in [0.1, 0.15) is 17.8 Å². The summed E-state index contributed by atoms with van der Waals surface area (Å²) >= 11 is 1.64. The number of aromatic nitrogens is 2. The number of nitro groups is 1. The third-order valence-electron chi connectivity index (χ3n) is 3.91. The smallest absolute Gasteiger partial charge is 0.353 e. The first kappa shape index (κ1) is 19.4. The van der Waals surface area contributed by atoms with Crippen LogP contribution in [0.1, 0.15) is 4.88 Å². The summed E-state index contributed by atoms with van der Waals surface area (Å²) in [6.45, 7) is 0.514. The van der Waals surface area contributed by atoms with Crippen LogP contribution in [0.2, 0.25) is 0 Å². The highest BCUT2D eigenvalue weighted by Crippen LogP contribution is 2.36. The molecule has 0 amide bonds. The fourth-order valence-corrected chi connectivity index (χ4v) is 3.28. The summed E-state index contributed by atoms with van der Waals surface area (Å²) in [6, 6.07) is 9.10. The number of anilines is 3. The van der Waals surface area contributed by atoms with Gasteiger partial charge in [-0.3, -0.25) is 10.1 Å². The number of nitrogens with one attached hydrogen (secondary N) is 2. The molecule has 3 aromatic rings. The van der Waals surface area contributed by atoms with E-state index < -0.39 is 4.92 Å². The monoisotopic (exact) mass is 401 g/mol. The van der Waals surface area contributed by atoms with E-state index in [0.717, 1.165) is 6.42 Å². The lowest BCUT2D eigenvalue weighted by Crippen LogP contribution is -2.10. The zero-order valence-corrected chi connectivity index (χ0v) is 16.2. The number of methoxy groups -OCH3 is 2. The number of ether oxygens (including phenoxy) is 2. The van der Waals surface area contributed by atoms with Gasteiger partial charge in [0.25, 0.3) is 0 Å². The predicted molar refractivity (Wildman–Crippen MR) is 108 cm³/mol. The van der Waals surface area contributed by atoms with Crippen molar-refractivity contribution in [3.63, 3.8) is 0 Å². The third kappa shape index (κ3) is 4.46. The van der Waals surface area contributed by atoms with Crippen LogP contribution in [-0.2, 0) is 6.42 Å². The van der Waals surface area contributed by atoms with Crippen LogP contribution < -0.4 is 20.1 Å². The van der Waals surface area contributed by atoms with Crippen LogP contribution >= 0.6 is 11.3 Å². The van der Waals surface area contributed by atoms with E-state index in [4.69, 9.17) is 9.47 Å². The fraction of sp³-hybridized carbons (Fsp3) is 0.222. The molecule has 0 atom stereocenters. The highest BCUT2D eigenvalue weighted by molar-refractivity contribution is 7.09. The molecule has 9 nitrogen and oxygen atoms in total. The lowest BCUT2D eigenvalue weighted by atomic mass is 10.2.